The fourth-order valence-electron chi connectivity index (χ4n) is 4.75. The van der Waals surface area contributed by atoms with E-state index in [2.05, 4.69) is 21.1 Å². The second-order valence-electron chi connectivity index (χ2n) is 9.51. The monoisotopic (exact) mass is 545 g/mol. The van der Waals surface area contributed by atoms with Gasteiger partial charge in [0.2, 0.25) is 0 Å². The Morgan fingerprint density at radius 2 is 1.48 bits per heavy atom. The van der Waals surface area contributed by atoms with Gasteiger partial charge in [-0.3, -0.25) is 5.32 Å². The Morgan fingerprint density at radius 3 is 2.25 bits per heavy atom. The maximum absolute atomic E-state index is 13.1. The number of rotatable bonds is 11. The van der Waals surface area contributed by atoms with Crippen LogP contribution in [0.15, 0.2) is 103 Å². The van der Waals surface area contributed by atoms with Gasteiger partial charge in [0.15, 0.2) is 0 Å². The van der Waals surface area contributed by atoms with E-state index in [1.54, 1.807) is 12.1 Å². The zero-order valence-electron chi connectivity index (χ0n) is 21.7. The lowest BCUT2D eigenvalue weighted by Gasteiger charge is -2.18. The Hall–Kier alpha value is -4.11. The number of H-pyrrole nitrogens is 1. The maximum atomic E-state index is 13.1. The molecule has 0 fully saturated rings. The van der Waals surface area contributed by atoms with Crippen molar-refractivity contribution in [2.75, 3.05) is 13.3 Å². The standard InChI is InChI=1S/C32H30F3N3O2/c33-32(34,35)40-31-14-13-25(24-10-6-9-23(15-24)22-7-2-1-3-8-22)16-27(31)20-39-21-38-28(18-36)17-26-19-37-30-12-5-4-11-29(26)30/h1-16,19,28,37-38H,17-18,20-21,36H2. The summed E-state index contributed by atoms with van der Waals surface area (Å²) in [5.41, 5.74) is 12.2. The summed E-state index contributed by atoms with van der Waals surface area (Å²) >= 11 is 0. The lowest BCUT2D eigenvalue weighted by molar-refractivity contribution is -0.275. The molecular formula is C32H30F3N3O2. The minimum absolute atomic E-state index is 0.0721. The molecule has 206 valence electrons. The molecule has 5 nitrogen and oxygen atoms in total. The van der Waals surface area contributed by atoms with Crippen molar-refractivity contribution in [3.63, 3.8) is 0 Å². The normalized spacial score (nSPS) is 12.5. The van der Waals surface area contributed by atoms with Crippen LogP contribution in [0.25, 0.3) is 33.2 Å². The first-order valence-corrected chi connectivity index (χ1v) is 13.0. The Kier molecular flexibility index (Phi) is 8.50. The summed E-state index contributed by atoms with van der Waals surface area (Å²) in [7, 11) is 0. The van der Waals surface area contributed by atoms with Crippen LogP contribution in [0.4, 0.5) is 13.2 Å². The predicted octanol–water partition coefficient (Wildman–Crippen LogP) is 7.03. The Morgan fingerprint density at radius 1 is 0.775 bits per heavy atom. The summed E-state index contributed by atoms with van der Waals surface area (Å²) in [5.74, 6) is -0.287. The van der Waals surface area contributed by atoms with E-state index in [0.29, 0.717) is 18.5 Å². The quantitative estimate of drug-likeness (QED) is 0.123. The molecule has 1 aromatic heterocycles. The Bertz CT molecular complexity index is 1550. The highest BCUT2D eigenvalue weighted by atomic mass is 19.4. The van der Waals surface area contributed by atoms with Gasteiger partial charge in [0.1, 0.15) is 5.75 Å². The summed E-state index contributed by atoms with van der Waals surface area (Å²) in [4.78, 5) is 3.26. The van der Waals surface area contributed by atoms with Gasteiger partial charge in [0.05, 0.1) is 13.3 Å². The van der Waals surface area contributed by atoms with E-state index in [1.807, 2.05) is 79.0 Å². The van der Waals surface area contributed by atoms with Crippen molar-refractivity contribution in [2.24, 2.45) is 5.73 Å². The molecule has 0 aliphatic carbocycles. The number of fused-ring (bicyclic) bond motifs is 1. The second-order valence-corrected chi connectivity index (χ2v) is 9.51. The average Bonchev–Trinajstić information content (AvgIpc) is 3.37. The molecule has 0 amide bonds. The number of aromatic amines is 1. The van der Waals surface area contributed by atoms with Gasteiger partial charge < -0.3 is 20.2 Å². The van der Waals surface area contributed by atoms with E-state index in [9.17, 15) is 13.2 Å². The number of ether oxygens (including phenoxy) is 2. The van der Waals surface area contributed by atoms with Crippen LogP contribution in [0.5, 0.6) is 5.75 Å². The van der Waals surface area contributed by atoms with Gasteiger partial charge in [-0.15, -0.1) is 13.2 Å². The van der Waals surface area contributed by atoms with E-state index >= 15 is 0 Å². The fourth-order valence-corrected chi connectivity index (χ4v) is 4.75. The first-order valence-electron chi connectivity index (χ1n) is 13.0. The molecule has 40 heavy (non-hydrogen) atoms. The molecule has 0 spiro atoms. The van der Waals surface area contributed by atoms with Crippen LogP contribution in [-0.2, 0) is 17.8 Å². The molecule has 0 bridgehead atoms. The topological polar surface area (TPSA) is 72.3 Å². The number of hydrogen-bond donors (Lipinski definition) is 3. The highest BCUT2D eigenvalue weighted by Crippen LogP contribution is 2.33. The Balaban J connectivity index is 1.28. The molecular weight excluding hydrogens is 515 g/mol. The van der Waals surface area contributed by atoms with E-state index in [-0.39, 0.29) is 25.1 Å². The highest BCUT2D eigenvalue weighted by Gasteiger charge is 2.32. The summed E-state index contributed by atoms with van der Waals surface area (Å²) in [6.45, 7) is 0.414. The molecule has 1 atom stereocenters. The fraction of sp³-hybridized carbons (Fsp3) is 0.188. The molecule has 8 heteroatoms. The van der Waals surface area contributed by atoms with Crippen LogP contribution in [0, 0.1) is 0 Å². The number of nitrogens with one attached hydrogen (secondary N) is 2. The number of benzene rings is 4. The SMILES string of the molecule is NCC(Cc1c[nH]c2ccccc12)NCOCc1cc(-c2cccc(-c3ccccc3)c2)ccc1OC(F)(F)F. The minimum atomic E-state index is -4.81. The third kappa shape index (κ3) is 6.90. The molecule has 0 saturated carbocycles. The first kappa shape index (κ1) is 27.5. The van der Waals surface area contributed by atoms with Crippen LogP contribution in [0.2, 0.25) is 0 Å². The molecule has 5 aromatic rings. The first-order chi connectivity index (χ1) is 19.4. The molecule has 0 saturated heterocycles. The smallest absolute Gasteiger partial charge is 0.405 e. The molecule has 0 aliphatic rings. The van der Waals surface area contributed by atoms with Gasteiger partial charge in [0.25, 0.3) is 0 Å². The van der Waals surface area contributed by atoms with Crippen molar-refractivity contribution >= 4 is 10.9 Å². The van der Waals surface area contributed by atoms with Crippen LogP contribution in [-0.4, -0.2) is 30.7 Å². The summed E-state index contributed by atoms with van der Waals surface area (Å²) in [6.07, 6.45) is -2.17. The van der Waals surface area contributed by atoms with E-state index in [0.717, 1.165) is 38.7 Å². The third-order valence-corrected chi connectivity index (χ3v) is 6.75. The van der Waals surface area contributed by atoms with Gasteiger partial charge >= 0.3 is 6.36 Å². The van der Waals surface area contributed by atoms with Crippen molar-refractivity contribution in [1.29, 1.82) is 0 Å². The van der Waals surface area contributed by atoms with Crippen molar-refractivity contribution in [3.05, 3.63) is 114 Å². The molecule has 0 radical (unpaired) electrons. The van der Waals surface area contributed by atoms with Crippen molar-refractivity contribution in [2.45, 2.75) is 25.4 Å². The van der Waals surface area contributed by atoms with Crippen LogP contribution >= 0.6 is 0 Å². The lowest BCUT2D eigenvalue weighted by Crippen LogP contribution is -2.39. The van der Waals surface area contributed by atoms with E-state index < -0.39 is 6.36 Å². The van der Waals surface area contributed by atoms with E-state index in [1.165, 1.54) is 6.07 Å². The zero-order valence-corrected chi connectivity index (χ0v) is 21.7. The van der Waals surface area contributed by atoms with Crippen molar-refractivity contribution in [1.82, 2.24) is 10.3 Å². The highest BCUT2D eigenvalue weighted by molar-refractivity contribution is 5.83. The van der Waals surface area contributed by atoms with Gasteiger partial charge in [-0.05, 0) is 58.5 Å². The molecule has 4 N–H and O–H groups in total. The number of hydrogen-bond acceptors (Lipinski definition) is 4. The van der Waals surface area contributed by atoms with Crippen LogP contribution in [0.1, 0.15) is 11.1 Å². The number of nitrogens with two attached hydrogens (primary N) is 1. The summed E-state index contributed by atoms with van der Waals surface area (Å²) < 4.78 is 49.5. The van der Waals surface area contributed by atoms with Gasteiger partial charge in [-0.1, -0.05) is 72.8 Å². The van der Waals surface area contributed by atoms with Crippen LogP contribution in [0.3, 0.4) is 0 Å². The molecule has 1 unspecified atom stereocenters. The maximum Gasteiger partial charge on any atom is 0.573 e. The largest absolute Gasteiger partial charge is 0.573 e. The minimum Gasteiger partial charge on any atom is -0.405 e. The number of halogens is 3. The average molecular weight is 546 g/mol. The molecule has 1 heterocycles. The van der Waals surface area contributed by atoms with Gasteiger partial charge in [-0.2, -0.15) is 0 Å². The van der Waals surface area contributed by atoms with Crippen LogP contribution < -0.4 is 15.8 Å². The zero-order chi connectivity index (χ0) is 28.0. The molecule has 0 aliphatic heterocycles. The molecule has 5 rings (SSSR count). The third-order valence-electron chi connectivity index (χ3n) is 6.75. The lowest BCUT2D eigenvalue weighted by atomic mass is 9.98. The second kappa shape index (κ2) is 12.4. The Labute approximate surface area is 230 Å². The van der Waals surface area contributed by atoms with Crippen molar-refractivity contribution in [3.8, 4) is 28.0 Å². The van der Waals surface area contributed by atoms with Gasteiger partial charge in [0, 0.05) is 35.2 Å². The summed E-state index contributed by atoms with van der Waals surface area (Å²) in [6, 6.07) is 30.4. The van der Waals surface area contributed by atoms with Gasteiger partial charge in [-0.25, -0.2) is 0 Å². The molecule has 4 aromatic carbocycles. The predicted molar refractivity (Wildman–Crippen MR) is 152 cm³/mol. The van der Waals surface area contributed by atoms with E-state index in [4.69, 9.17) is 10.5 Å². The number of para-hydroxylation sites is 1. The summed E-state index contributed by atoms with van der Waals surface area (Å²) in [5, 5.41) is 4.39. The number of alkyl halides is 3. The van der Waals surface area contributed by atoms with Crippen molar-refractivity contribution < 1.29 is 22.6 Å². The number of aromatic nitrogens is 1.